The fourth-order valence-electron chi connectivity index (χ4n) is 1.29. The van der Waals surface area contributed by atoms with Gasteiger partial charge in [0.15, 0.2) is 0 Å². The van der Waals surface area contributed by atoms with Crippen molar-refractivity contribution >= 4 is 0 Å². The minimum Gasteiger partial charge on any atom is -0.481 e. The minimum atomic E-state index is 0.404. The van der Waals surface area contributed by atoms with Gasteiger partial charge in [-0.25, -0.2) is 9.97 Å². The second-order valence-electron chi connectivity index (χ2n) is 3.04. The number of aryl methyl sites for hydroxylation is 1. The van der Waals surface area contributed by atoms with Gasteiger partial charge in [0.2, 0.25) is 5.88 Å². The van der Waals surface area contributed by atoms with Crippen molar-refractivity contribution in [1.29, 1.82) is 0 Å². The zero-order chi connectivity index (χ0) is 9.14. The van der Waals surface area contributed by atoms with Crippen LogP contribution in [0, 0.1) is 6.92 Å². The molecule has 1 heterocycles. The maximum absolute atomic E-state index is 5.14. The highest BCUT2D eigenvalue weighted by Crippen LogP contribution is 2.25. The highest BCUT2D eigenvalue weighted by atomic mass is 16.5. The van der Waals surface area contributed by atoms with Crippen molar-refractivity contribution in [2.75, 3.05) is 7.11 Å². The van der Waals surface area contributed by atoms with E-state index < -0.39 is 0 Å². The second kappa shape index (κ2) is 3.52. The third-order valence-electron chi connectivity index (χ3n) is 1.82. The molecule has 0 bridgehead atoms. The standard InChI is InChI=1S/C9H14N2O/c1-6(2)8-7(3)10-5-11-9(8)12-4/h5-6H,1-4H3. The molecule has 0 aromatic carbocycles. The zero-order valence-corrected chi connectivity index (χ0v) is 7.96. The predicted molar refractivity (Wildman–Crippen MR) is 47.4 cm³/mol. The van der Waals surface area contributed by atoms with Crippen LogP contribution in [-0.4, -0.2) is 17.1 Å². The van der Waals surface area contributed by atoms with E-state index in [1.165, 1.54) is 6.33 Å². The molecule has 0 saturated carbocycles. The Morgan fingerprint density at radius 3 is 2.42 bits per heavy atom. The van der Waals surface area contributed by atoms with Gasteiger partial charge in [-0.05, 0) is 12.8 Å². The lowest BCUT2D eigenvalue weighted by molar-refractivity contribution is 0.388. The Labute approximate surface area is 72.8 Å². The van der Waals surface area contributed by atoms with E-state index in [-0.39, 0.29) is 0 Å². The third-order valence-corrected chi connectivity index (χ3v) is 1.82. The number of ether oxygens (including phenoxy) is 1. The molecule has 3 nitrogen and oxygen atoms in total. The summed E-state index contributed by atoms with van der Waals surface area (Å²) in [4.78, 5) is 8.16. The molecule has 12 heavy (non-hydrogen) atoms. The molecule has 0 spiro atoms. The van der Waals surface area contributed by atoms with Crippen LogP contribution in [0.2, 0.25) is 0 Å². The van der Waals surface area contributed by atoms with Gasteiger partial charge in [-0.3, -0.25) is 0 Å². The number of nitrogens with zero attached hydrogens (tertiary/aromatic N) is 2. The third kappa shape index (κ3) is 1.55. The first-order valence-electron chi connectivity index (χ1n) is 4.02. The van der Waals surface area contributed by atoms with Gasteiger partial charge in [0.1, 0.15) is 6.33 Å². The van der Waals surface area contributed by atoms with Crippen LogP contribution >= 0.6 is 0 Å². The Hall–Kier alpha value is -1.12. The van der Waals surface area contributed by atoms with Crippen molar-refractivity contribution in [3.8, 4) is 5.88 Å². The number of hydrogen-bond acceptors (Lipinski definition) is 3. The second-order valence-corrected chi connectivity index (χ2v) is 3.04. The van der Waals surface area contributed by atoms with Gasteiger partial charge in [-0.15, -0.1) is 0 Å². The highest BCUT2D eigenvalue weighted by molar-refractivity contribution is 5.31. The number of methoxy groups -OCH3 is 1. The molecule has 0 aliphatic carbocycles. The molecule has 0 aliphatic rings. The first kappa shape index (κ1) is 8.97. The van der Waals surface area contributed by atoms with Gasteiger partial charge in [0.05, 0.1) is 7.11 Å². The van der Waals surface area contributed by atoms with Crippen LogP contribution in [-0.2, 0) is 0 Å². The van der Waals surface area contributed by atoms with Crippen molar-refractivity contribution in [2.45, 2.75) is 26.7 Å². The molecule has 0 saturated heterocycles. The smallest absolute Gasteiger partial charge is 0.219 e. The summed E-state index contributed by atoms with van der Waals surface area (Å²) < 4.78 is 5.14. The molecule has 0 unspecified atom stereocenters. The monoisotopic (exact) mass is 166 g/mol. The molecule has 0 atom stereocenters. The Kier molecular flexibility index (Phi) is 2.63. The lowest BCUT2D eigenvalue weighted by Gasteiger charge is -2.11. The Bertz CT molecular complexity index is 271. The Morgan fingerprint density at radius 1 is 1.33 bits per heavy atom. The number of rotatable bonds is 2. The number of aromatic nitrogens is 2. The van der Waals surface area contributed by atoms with E-state index in [4.69, 9.17) is 4.74 Å². The molecular weight excluding hydrogens is 152 g/mol. The summed E-state index contributed by atoms with van der Waals surface area (Å²) in [6.07, 6.45) is 1.53. The molecule has 3 heteroatoms. The largest absolute Gasteiger partial charge is 0.481 e. The van der Waals surface area contributed by atoms with Crippen molar-refractivity contribution in [3.63, 3.8) is 0 Å². The van der Waals surface area contributed by atoms with Crippen LogP contribution < -0.4 is 4.74 Å². The first-order chi connectivity index (χ1) is 5.66. The van der Waals surface area contributed by atoms with Gasteiger partial charge in [-0.1, -0.05) is 13.8 Å². The van der Waals surface area contributed by atoms with E-state index >= 15 is 0 Å². The average Bonchev–Trinajstić information content (AvgIpc) is 2.03. The molecule has 1 aromatic rings. The van der Waals surface area contributed by atoms with Crippen LogP contribution in [0.3, 0.4) is 0 Å². The molecule has 0 N–H and O–H groups in total. The summed E-state index contributed by atoms with van der Waals surface area (Å²) in [6.45, 7) is 6.18. The van der Waals surface area contributed by atoms with Crippen LogP contribution in [0.5, 0.6) is 5.88 Å². The molecule has 0 amide bonds. The molecule has 1 aromatic heterocycles. The SMILES string of the molecule is COc1ncnc(C)c1C(C)C. The number of hydrogen-bond donors (Lipinski definition) is 0. The van der Waals surface area contributed by atoms with Crippen LogP contribution in [0.15, 0.2) is 6.33 Å². The molecule has 0 fully saturated rings. The van der Waals surface area contributed by atoms with E-state index in [0.717, 1.165) is 11.3 Å². The van der Waals surface area contributed by atoms with E-state index in [1.807, 2.05) is 6.92 Å². The Balaban J connectivity index is 3.20. The summed E-state index contributed by atoms with van der Waals surface area (Å²) in [5.74, 6) is 1.10. The fourth-order valence-corrected chi connectivity index (χ4v) is 1.29. The normalized spacial score (nSPS) is 10.4. The van der Waals surface area contributed by atoms with Crippen molar-refractivity contribution in [3.05, 3.63) is 17.6 Å². The van der Waals surface area contributed by atoms with E-state index in [1.54, 1.807) is 7.11 Å². The summed E-state index contributed by atoms with van der Waals surface area (Å²) in [5.41, 5.74) is 2.09. The lowest BCUT2D eigenvalue weighted by atomic mass is 10.0. The van der Waals surface area contributed by atoms with Crippen LogP contribution in [0.25, 0.3) is 0 Å². The van der Waals surface area contributed by atoms with Gasteiger partial charge < -0.3 is 4.74 Å². The van der Waals surface area contributed by atoms with Crippen LogP contribution in [0.1, 0.15) is 31.0 Å². The molecular formula is C9H14N2O. The zero-order valence-electron chi connectivity index (χ0n) is 7.96. The van der Waals surface area contributed by atoms with Gasteiger partial charge in [0.25, 0.3) is 0 Å². The summed E-state index contributed by atoms with van der Waals surface area (Å²) in [5, 5.41) is 0. The van der Waals surface area contributed by atoms with Crippen LogP contribution in [0.4, 0.5) is 0 Å². The van der Waals surface area contributed by atoms with E-state index in [0.29, 0.717) is 11.8 Å². The summed E-state index contributed by atoms with van der Waals surface area (Å²) in [6, 6.07) is 0. The summed E-state index contributed by atoms with van der Waals surface area (Å²) in [7, 11) is 1.63. The van der Waals surface area contributed by atoms with Crippen molar-refractivity contribution in [1.82, 2.24) is 9.97 Å². The maximum atomic E-state index is 5.14. The molecule has 1 rings (SSSR count). The topological polar surface area (TPSA) is 35.0 Å². The maximum Gasteiger partial charge on any atom is 0.219 e. The van der Waals surface area contributed by atoms with Gasteiger partial charge in [0, 0.05) is 11.3 Å². The quantitative estimate of drug-likeness (QED) is 0.673. The lowest BCUT2D eigenvalue weighted by Crippen LogP contribution is -2.01. The van der Waals surface area contributed by atoms with Gasteiger partial charge in [-0.2, -0.15) is 0 Å². The molecule has 0 radical (unpaired) electrons. The van der Waals surface area contributed by atoms with Gasteiger partial charge >= 0.3 is 0 Å². The Morgan fingerprint density at radius 2 is 2.00 bits per heavy atom. The predicted octanol–water partition coefficient (Wildman–Crippen LogP) is 1.92. The average molecular weight is 166 g/mol. The summed E-state index contributed by atoms with van der Waals surface area (Å²) >= 11 is 0. The van der Waals surface area contributed by atoms with Crippen molar-refractivity contribution in [2.24, 2.45) is 0 Å². The minimum absolute atomic E-state index is 0.404. The highest BCUT2D eigenvalue weighted by Gasteiger charge is 2.11. The fraction of sp³-hybridized carbons (Fsp3) is 0.556. The molecule has 66 valence electrons. The molecule has 0 aliphatic heterocycles. The first-order valence-corrected chi connectivity index (χ1v) is 4.02. The van der Waals surface area contributed by atoms with E-state index in [2.05, 4.69) is 23.8 Å². The van der Waals surface area contributed by atoms with Crippen molar-refractivity contribution < 1.29 is 4.74 Å². The van der Waals surface area contributed by atoms with E-state index in [9.17, 15) is 0 Å².